The zero-order valence-corrected chi connectivity index (χ0v) is 4.77. The van der Waals surface area contributed by atoms with Crippen molar-refractivity contribution >= 4 is 0 Å². The normalized spacial score (nSPS) is 21.4. The van der Waals surface area contributed by atoms with Crippen molar-refractivity contribution in [1.29, 1.82) is 0 Å². The zero-order valence-electron chi connectivity index (χ0n) is 4.59. The Balaban J connectivity index is -0.0000000833. The standard InChI is InChI=1S/CH2O4.Li.Mn.H/c2-1(3)4-5-1;;;/h2-3H;;;/q;+1;;-1. The van der Waals surface area contributed by atoms with Gasteiger partial charge < -0.3 is 11.6 Å². The second-order valence-corrected chi connectivity index (χ2v) is 0.715. The van der Waals surface area contributed by atoms with Crippen LogP contribution in [0, 0.1) is 0 Å². The third-order valence-electron chi connectivity index (χ3n) is 0.232. The van der Waals surface area contributed by atoms with Crippen molar-refractivity contribution in [2.45, 2.75) is 6.16 Å². The van der Waals surface area contributed by atoms with E-state index in [-0.39, 0.29) is 37.4 Å². The Morgan fingerprint density at radius 3 is 1.43 bits per heavy atom. The predicted octanol–water partition coefficient (Wildman–Crippen LogP) is -4.34. The molecule has 6 heteroatoms. The third-order valence-corrected chi connectivity index (χ3v) is 0.232. The molecule has 0 amide bonds. The summed E-state index contributed by atoms with van der Waals surface area (Å²) < 4.78 is 0. The summed E-state index contributed by atoms with van der Waals surface area (Å²) in [6, 6.07) is 0. The summed E-state index contributed by atoms with van der Waals surface area (Å²) in [4.78, 5) is 7.01. The van der Waals surface area contributed by atoms with Crippen LogP contribution in [0.3, 0.4) is 0 Å². The molecule has 4 nitrogen and oxygen atoms in total. The summed E-state index contributed by atoms with van der Waals surface area (Å²) in [5.41, 5.74) is 0. The van der Waals surface area contributed by atoms with E-state index >= 15 is 0 Å². The van der Waals surface area contributed by atoms with Crippen LogP contribution >= 0.6 is 0 Å². The monoisotopic (exact) mass is 141 g/mol. The maximum absolute atomic E-state index is 7.74. The number of rotatable bonds is 0. The van der Waals surface area contributed by atoms with E-state index in [0.29, 0.717) is 0 Å². The molecule has 2 N–H and O–H groups in total. The van der Waals surface area contributed by atoms with Gasteiger partial charge in [-0.1, -0.05) is 0 Å². The van der Waals surface area contributed by atoms with E-state index in [1.165, 1.54) is 0 Å². The Kier molecular flexibility index (Phi) is 4.77. The Labute approximate surface area is 63.9 Å². The first-order valence-electron chi connectivity index (χ1n) is 1.02. The van der Waals surface area contributed by atoms with Crippen LogP contribution in [0.5, 0.6) is 0 Å². The zero-order chi connectivity index (χ0) is 3.91. The van der Waals surface area contributed by atoms with Crippen molar-refractivity contribution in [3.05, 3.63) is 0 Å². The van der Waals surface area contributed by atoms with E-state index < -0.39 is 6.16 Å². The fourth-order valence-electron chi connectivity index (χ4n) is 0.0373. The minimum Gasteiger partial charge on any atom is -1.00 e. The smallest absolute Gasteiger partial charge is 1.00 e. The van der Waals surface area contributed by atoms with E-state index in [4.69, 9.17) is 10.2 Å². The number of aliphatic hydroxyl groups is 2. The molecule has 1 fully saturated rings. The first-order valence-corrected chi connectivity index (χ1v) is 1.02. The second kappa shape index (κ2) is 3.08. The largest absolute Gasteiger partial charge is 1.00 e. The molecule has 0 spiro atoms. The molecule has 0 aromatic carbocycles. The third kappa shape index (κ3) is 4.82. The van der Waals surface area contributed by atoms with Crippen LogP contribution in [-0.4, -0.2) is 16.4 Å². The van der Waals surface area contributed by atoms with Gasteiger partial charge in [-0.2, -0.15) is 0 Å². The molecule has 1 heterocycles. The fraction of sp³-hybridized carbons (Fsp3) is 1.00. The SMILES string of the molecule is OC1(O)OO1.[H-].[Li+].[Mn]. The van der Waals surface area contributed by atoms with E-state index in [2.05, 4.69) is 9.78 Å². The fourth-order valence-corrected chi connectivity index (χ4v) is 0.0373. The van der Waals surface area contributed by atoms with Crippen molar-refractivity contribution in [2.75, 3.05) is 0 Å². The molecule has 0 aromatic heterocycles. The van der Waals surface area contributed by atoms with Gasteiger partial charge in [-0.15, -0.1) is 9.78 Å². The molecule has 1 radical (unpaired) electrons. The number of hydrogen-bond donors (Lipinski definition) is 2. The van der Waals surface area contributed by atoms with Crippen LogP contribution in [0.4, 0.5) is 0 Å². The van der Waals surface area contributed by atoms with Gasteiger partial charge in [0.1, 0.15) is 0 Å². The predicted molar refractivity (Wildman–Crippen MR) is 10.5 cm³/mol. The van der Waals surface area contributed by atoms with Gasteiger partial charge in [0.05, 0.1) is 0 Å². The average Bonchev–Trinajstić information content (AvgIpc) is 1.76. The molecule has 0 atom stereocenters. The molecule has 1 saturated heterocycles. The van der Waals surface area contributed by atoms with Gasteiger partial charge in [-0.05, 0) is 0 Å². The Hall–Kier alpha value is 0.957. The van der Waals surface area contributed by atoms with E-state index in [1.807, 2.05) is 0 Å². The summed E-state index contributed by atoms with van der Waals surface area (Å²) in [5, 5.41) is 15.5. The van der Waals surface area contributed by atoms with Crippen LogP contribution in [-0.2, 0) is 26.8 Å². The van der Waals surface area contributed by atoms with Gasteiger partial charge in [-0.3, -0.25) is 0 Å². The van der Waals surface area contributed by atoms with E-state index in [1.54, 1.807) is 0 Å². The minimum atomic E-state index is -2.25. The molecule has 0 unspecified atom stereocenters. The van der Waals surface area contributed by atoms with Gasteiger partial charge in [0, 0.05) is 17.1 Å². The Bertz CT molecular complexity index is 54.0. The maximum Gasteiger partial charge on any atom is 1.00 e. The van der Waals surface area contributed by atoms with Gasteiger partial charge in [0.15, 0.2) is 0 Å². The molecule has 1 aliphatic rings. The summed E-state index contributed by atoms with van der Waals surface area (Å²) in [5.74, 6) is 0. The van der Waals surface area contributed by atoms with E-state index in [0.717, 1.165) is 0 Å². The molecule has 39 valence electrons. The molecule has 0 aliphatic carbocycles. The van der Waals surface area contributed by atoms with Gasteiger partial charge in [0.25, 0.3) is 0 Å². The Morgan fingerprint density at radius 2 is 1.43 bits per heavy atom. The van der Waals surface area contributed by atoms with Crippen LogP contribution in [0.25, 0.3) is 0 Å². The van der Waals surface area contributed by atoms with Crippen molar-refractivity contribution < 1.29 is 57.3 Å². The first kappa shape index (κ1) is 10.9. The van der Waals surface area contributed by atoms with Gasteiger partial charge in [-0.25, -0.2) is 0 Å². The topological polar surface area (TPSA) is 65.5 Å². The average molecular weight is 141 g/mol. The molecule has 1 aliphatic heterocycles. The first-order chi connectivity index (χ1) is 2.21. The molecule has 0 aromatic rings. The van der Waals surface area contributed by atoms with Crippen molar-refractivity contribution in [2.24, 2.45) is 0 Å². The van der Waals surface area contributed by atoms with E-state index in [9.17, 15) is 0 Å². The summed E-state index contributed by atoms with van der Waals surface area (Å²) >= 11 is 0. The van der Waals surface area contributed by atoms with Crippen LogP contribution in [0.2, 0.25) is 0 Å². The van der Waals surface area contributed by atoms with Crippen molar-refractivity contribution in [3.8, 4) is 0 Å². The minimum absolute atomic E-state index is 0. The molecular weight excluding hydrogens is 138 g/mol. The molecule has 1 rings (SSSR count). The van der Waals surface area contributed by atoms with Crippen LogP contribution in [0.15, 0.2) is 0 Å². The van der Waals surface area contributed by atoms with Gasteiger partial charge in [0.2, 0.25) is 0 Å². The van der Waals surface area contributed by atoms with Crippen LogP contribution in [0.1, 0.15) is 1.43 Å². The summed E-state index contributed by atoms with van der Waals surface area (Å²) in [6.07, 6.45) is -2.25. The number of hydrogen-bond acceptors (Lipinski definition) is 4. The molecular formula is CH3LiMnO4. The van der Waals surface area contributed by atoms with Gasteiger partial charge >= 0.3 is 25.0 Å². The quantitative estimate of drug-likeness (QED) is 0.155. The van der Waals surface area contributed by atoms with Crippen molar-refractivity contribution in [3.63, 3.8) is 0 Å². The molecule has 7 heavy (non-hydrogen) atoms. The molecule has 0 bridgehead atoms. The molecule has 0 saturated carbocycles. The second-order valence-electron chi connectivity index (χ2n) is 0.715. The summed E-state index contributed by atoms with van der Waals surface area (Å²) in [7, 11) is 0. The maximum atomic E-state index is 7.74. The Morgan fingerprint density at radius 1 is 1.29 bits per heavy atom. The van der Waals surface area contributed by atoms with Crippen LogP contribution < -0.4 is 18.9 Å². The summed E-state index contributed by atoms with van der Waals surface area (Å²) in [6.45, 7) is 0. The van der Waals surface area contributed by atoms with Crippen molar-refractivity contribution in [1.82, 2.24) is 0 Å².